The van der Waals surface area contributed by atoms with Crippen molar-refractivity contribution in [1.82, 2.24) is 0 Å². The Morgan fingerprint density at radius 1 is 0.867 bits per heavy atom. The van der Waals surface area contributed by atoms with E-state index in [-0.39, 0.29) is 5.75 Å². The quantitative estimate of drug-likeness (QED) is 0.210. The smallest absolute Gasteiger partial charge is 0.343 e. The Labute approximate surface area is 176 Å². The standard InChI is InChI=1S/C26H23FO3/c1-2-3-6-19-29-23-17-13-21(14-18-23)10-9-20-11-15-22(16-12-20)26(28)30-25-8-5-4-7-24(25)27/h4-5,7-8,11-18H,2-3,6,19H2,1H3. The van der Waals surface area contributed by atoms with Crippen molar-refractivity contribution in [3.63, 3.8) is 0 Å². The van der Waals surface area contributed by atoms with E-state index in [0.717, 1.165) is 29.9 Å². The summed E-state index contributed by atoms with van der Waals surface area (Å²) in [6, 6.07) is 20.2. The molecule has 0 aliphatic rings. The minimum atomic E-state index is -0.617. The fraction of sp³-hybridized carbons (Fsp3) is 0.192. The molecule has 0 spiro atoms. The maximum absolute atomic E-state index is 13.6. The van der Waals surface area contributed by atoms with E-state index in [0.29, 0.717) is 5.56 Å². The minimum Gasteiger partial charge on any atom is -0.494 e. The SMILES string of the molecule is CCCCCOc1ccc(C#Cc2ccc(C(=O)Oc3ccccc3F)cc2)cc1. The number of unbranched alkanes of at least 4 members (excludes halogenated alkanes) is 2. The fourth-order valence-electron chi connectivity index (χ4n) is 2.70. The van der Waals surface area contributed by atoms with E-state index in [1.54, 1.807) is 30.3 Å². The molecule has 4 heteroatoms. The van der Waals surface area contributed by atoms with Crippen molar-refractivity contribution < 1.29 is 18.7 Å². The zero-order valence-corrected chi connectivity index (χ0v) is 16.9. The number of benzene rings is 3. The molecule has 152 valence electrons. The first kappa shape index (κ1) is 21.1. The molecule has 0 N–H and O–H groups in total. The van der Waals surface area contributed by atoms with Crippen LogP contribution in [0.3, 0.4) is 0 Å². The Hall–Kier alpha value is -3.58. The average molecular weight is 402 g/mol. The van der Waals surface area contributed by atoms with E-state index in [1.807, 2.05) is 24.3 Å². The second kappa shape index (κ2) is 10.8. The summed E-state index contributed by atoms with van der Waals surface area (Å²) in [6.45, 7) is 2.89. The molecule has 0 atom stereocenters. The maximum atomic E-state index is 13.6. The van der Waals surface area contributed by atoms with E-state index in [1.165, 1.54) is 31.0 Å². The first-order chi connectivity index (χ1) is 14.7. The highest BCUT2D eigenvalue weighted by Gasteiger charge is 2.11. The molecule has 0 aliphatic carbocycles. The molecule has 0 saturated carbocycles. The van der Waals surface area contributed by atoms with Gasteiger partial charge >= 0.3 is 5.97 Å². The van der Waals surface area contributed by atoms with E-state index >= 15 is 0 Å². The van der Waals surface area contributed by atoms with Crippen LogP contribution in [0, 0.1) is 17.7 Å². The third-order valence-corrected chi connectivity index (χ3v) is 4.38. The highest BCUT2D eigenvalue weighted by Crippen LogP contribution is 2.17. The Morgan fingerprint density at radius 3 is 2.13 bits per heavy atom. The lowest BCUT2D eigenvalue weighted by atomic mass is 10.1. The number of ether oxygens (including phenoxy) is 2. The van der Waals surface area contributed by atoms with Crippen molar-refractivity contribution in [2.45, 2.75) is 26.2 Å². The third kappa shape index (κ3) is 6.22. The molecule has 0 fully saturated rings. The summed E-state index contributed by atoms with van der Waals surface area (Å²) in [5, 5.41) is 0. The highest BCUT2D eigenvalue weighted by molar-refractivity contribution is 5.91. The van der Waals surface area contributed by atoms with Gasteiger partial charge in [0.2, 0.25) is 0 Å². The number of para-hydroxylation sites is 1. The van der Waals surface area contributed by atoms with Gasteiger partial charge in [-0.25, -0.2) is 9.18 Å². The van der Waals surface area contributed by atoms with Gasteiger partial charge in [-0.05, 0) is 67.1 Å². The second-order valence-corrected chi connectivity index (χ2v) is 6.73. The lowest BCUT2D eigenvalue weighted by Gasteiger charge is -2.05. The molecule has 3 aromatic carbocycles. The van der Waals surface area contributed by atoms with Gasteiger partial charge in [0.25, 0.3) is 0 Å². The van der Waals surface area contributed by atoms with Gasteiger partial charge < -0.3 is 9.47 Å². The Balaban J connectivity index is 1.57. The van der Waals surface area contributed by atoms with Crippen molar-refractivity contribution in [1.29, 1.82) is 0 Å². The normalized spacial score (nSPS) is 10.1. The summed E-state index contributed by atoms with van der Waals surface area (Å²) >= 11 is 0. The van der Waals surface area contributed by atoms with E-state index < -0.39 is 11.8 Å². The van der Waals surface area contributed by atoms with E-state index in [4.69, 9.17) is 9.47 Å². The summed E-state index contributed by atoms with van der Waals surface area (Å²) in [6.07, 6.45) is 3.40. The van der Waals surface area contributed by atoms with Crippen molar-refractivity contribution in [3.05, 3.63) is 95.3 Å². The number of carbonyl (C=O) groups excluding carboxylic acids is 1. The Kier molecular flexibility index (Phi) is 7.63. The van der Waals surface area contributed by atoms with Crippen LogP contribution in [0.1, 0.15) is 47.7 Å². The van der Waals surface area contributed by atoms with Crippen molar-refractivity contribution in [2.75, 3.05) is 6.61 Å². The Morgan fingerprint density at radius 2 is 1.50 bits per heavy atom. The van der Waals surface area contributed by atoms with Gasteiger partial charge in [-0.3, -0.25) is 0 Å². The average Bonchev–Trinajstić information content (AvgIpc) is 2.78. The van der Waals surface area contributed by atoms with Crippen LogP contribution < -0.4 is 9.47 Å². The molecule has 0 unspecified atom stereocenters. The third-order valence-electron chi connectivity index (χ3n) is 4.38. The predicted octanol–water partition coefficient (Wildman–Crippen LogP) is 6.01. The zero-order valence-electron chi connectivity index (χ0n) is 16.9. The minimum absolute atomic E-state index is 0.0934. The van der Waals surface area contributed by atoms with Gasteiger partial charge in [-0.1, -0.05) is 43.7 Å². The number of rotatable bonds is 7. The molecule has 0 radical (unpaired) electrons. The van der Waals surface area contributed by atoms with Crippen molar-refractivity contribution in [2.24, 2.45) is 0 Å². The van der Waals surface area contributed by atoms with Crippen molar-refractivity contribution >= 4 is 5.97 Å². The molecule has 3 aromatic rings. The molecular formula is C26H23FO3. The van der Waals surface area contributed by atoms with Gasteiger partial charge in [0.1, 0.15) is 5.75 Å². The summed E-state index contributed by atoms with van der Waals surface area (Å²) in [7, 11) is 0. The first-order valence-corrected chi connectivity index (χ1v) is 9.97. The lowest BCUT2D eigenvalue weighted by Crippen LogP contribution is -2.09. The van der Waals surface area contributed by atoms with Gasteiger partial charge in [0.05, 0.1) is 12.2 Å². The monoisotopic (exact) mass is 402 g/mol. The van der Waals surface area contributed by atoms with Crippen LogP contribution in [0.4, 0.5) is 4.39 Å². The first-order valence-electron chi connectivity index (χ1n) is 9.97. The predicted molar refractivity (Wildman–Crippen MR) is 115 cm³/mol. The van der Waals surface area contributed by atoms with E-state index in [2.05, 4.69) is 18.8 Å². The van der Waals surface area contributed by atoms with Crippen LogP contribution in [-0.2, 0) is 0 Å². The molecule has 0 heterocycles. The van der Waals surface area contributed by atoms with Crippen LogP contribution in [0.15, 0.2) is 72.8 Å². The molecule has 30 heavy (non-hydrogen) atoms. The number of hydrogen-bond acceptors (Lipinski definition) is 3. The molecule has 0 saturated heterocycles. The largest absolute Gasteiger partial charge is 0.494 e. The number of carbonyl (C=O) groups is 1. The van der Waals surface area contributed by atoms with Gasteiger partial charge in [0, 0.05) is 11.1 Å². The molecule has 3 nitrogen and oxygen atoms in total. The van der Waals surface area contributed by atoms with Crippen LogP contribution in [0.5, 0.6) is 11.5 Å². The molecule has 0 bridgehead atoms. The molecule has 3 rings (SSSR count). The molecular weight excluding hydrogens is 379 g/mol. The second-order valence-electron chi connectivity index (χ2n) is 6.73. The topological polar surface area (TPSA) is 35.5 Å². The van der Waals surface area contributed by atoms with Crippen LogP contribution in [-0.4, -0.2) is 12.6 Å². The van der Waals surface area contributed by atoms with E-state index in [9.17, 15) is 9.18 Å². The number of esters is 1. The summed E-state index contributed by atoms with van der Waals surface area (Å²) < 4.78 is 24.4. The summed E-state index contributed by atoms with van der Waals surface area (Å²) in [5.41, 5.74) is 1.96. The fourth-order valence-corrected chi connectivity index (χ4v) is 2.70. The Bertz CT molecular complexity index is 1030. The summed E-state index contributed by atoms with van der Waals surface area (Å²) in [5.74, 6) is 5.71. The summed E-state index contributed by atoms with van der Waals surface area (Å²) in [4.78, 5) is 12.2. The molecule has 0 aromatic heterocycles. The molecule has 0 aliphatic heterocycles. The van der Waals surface area contributed by atoms with Crippen LogP contribution >= 0.6 is 0 Å². The van der Waals surface area contributed by atoms with Crippen LogP contribution in [0.2, 0.25) is 0 Å². The molecule has 0 amide bonds. The number of hydrogen-bond donors (Lipinski definition) is 0. The number of halogens is 1. The van der Waals surface area contributed by atoms with Gasteiger partial charge in [-0.2, -0.15) is 0 Å². The highest BCUT2D eigenvalue weighted by atomic mass is 19.1. The zero-order chi connectivity index (χ0) is 21.2. The van der Waals surface area contributed by atoms with Crippen LogP contribution in [0.25, 0.3) is 0 Å². The maximum Gasteiger partial charge on any atom is 0.343 e. The van der Waals surface area contributed by atoms with Gasteiger partial charge in [-0.15, -0.1) is 0 Å². The lowest BCUT2D eigenvalue weighted by molar-refractivity contribution is 0.0728. The van der Waals surface area contributed by atoms with Crippen molar-refractivity contribution in [3.8, 4) is 23.3 Å². The van der Waals surface area contributed by atoms with Gasteiger partial charge in [0.15, 0.2) is 11.6 Å².